The van der Waals surface area contributed by atoms with E-state index in [-0.39, 0.29) is 18.9 Å². The molecule has 0 aromatic heterocycles. The van der Waals surface area contributed by atoms with Crippen molar-refractivity contribution in [1.29, 1.82) is 0 Å². The number of rotatable bonds is 11. The molecule has 0 saturated carbocycles. The Morgan fingerprint density at radius 1 is 0.567 bits per heavy atom. The Morgan fingerprint density at radius 3 is 1.17 bits per heavy atom. The summed E-state index contributed by atoms with van der Waals surface area (Å²) in [6.45, 7) is 0. The Bertz CT molecular complexity index is 637. The van der Waals surface area contributed by atoms with Crippen molar-refractivity contribution in [2.45, 2.75) is 67.0 Å². The average Bonchev–Trinajstić information content (AvgIpc) is 2.61. The van der Waals surface area contributed by atoms with Crippen molar-refractivity contribution in [2.24, 2.45) is 0 Å². The first-order valence-corrected chi connectivity index (χ1v) is 8.31. The van der Waals surface area contributed by atoms with E-state index in [1.807, 2.05) is 0 Å². The molecule has 19 heteroatoms. The summed E-state index contributed by atoms with van der Waals surface area (Å²) in [6.07, 6.45) is -36.4. The van der Waals surface area contributed by atoms with Gasteiger partial charge in [-0.1, -0.05) is 0 Å². The predicted octanol–water partition coefficient (Wildman–Crippen LogP) is 0.734. The van der Waals surface area contributed by atoms with Gasteiger partial charge in [-0.15, -0.1) is 0 Å². The molecule has 0 fully saturated rings. The molecule has 8 unspecified atom stereocenters. The molecule has 0 N–H and O–H groups in total. The topological polar surface area (TPSA) is 57.2 Å². The Balaban J connectivity index is 0. The third-order valence-corrected chi connectivity index (χ3v) is 4.17. The van der Waals surface area contributed by atoms with Gasteiger partial charge in [-0.3, -0.25) is 0 Å². The molecule has 0 aliphatic heterocycles. The zero-order valence-electron chi connectivity index (χ0n) is 14.1. The second-order valence-corrected chi connectivity index (χ2v) is 6.86. The largest absolute Gasteiger partial charge is 1.00 e. The van der Waals surface area contributed by atoms with Crippen LogP contribution >= 0.6 is 0 Å². The Hall–Kier alpha value is -0.473. The molecule has 8 atom stereocenters. The van der Waals surface area contributed by atoms with Crippen LogP contribution in [0.25, 0.3) is 0 Å². The molecule has 3 nitrogen and oxygen atoms in total. The van der Waals surface area contributed by atoms with E-state index in [1.54, 1.807) is 0 Å². The van der Waals surface area contributed by atoms with Crippen LogP contribution < -0.4 is 18.9 Å². The van der Waals surface area contributed by atoms with Gasteiger partial charge in [-0.25, -0.2) is 52.3 Å². The van der Waals surface area contributed by atoms with Gasteiger partial charge < -0.3 is 4.55 Å². The van der Waals surface area contributed by atoms with E-state index in [0.717, 1.165) is 0 Å². The van der Waals surface area contributed by atoms with Crippen LogP contribution in [-0.2, 0) is 10.1 Å². The van der Waals surface area contributed by atoms with Crippen LogP contribution in [0.1, 0.15) is 0 Å². The van der Waals surface area contributed by atoms with Gasteiger partial charge in [0, 0.05) is 0 Å². The fourth-order valence-electron chi connectivity index (χ4n) is 1.72. The molecule has 30 heavy (non-hydrogen) atoms. The smallest absolute Gasteiger partial charge is 0.746 e. The zero-order chi connectivity index (χ0) is 23.7. The van der Waals surface area contributed by atoms with E-state index in [0.29, 0.717) is 0 Å². The molecule has 0 saturated heterocycles. The molecule has 0 rings (SSSR count). The normalized spacial score (nSPS) is 21.7. The fourth-order valence-corrected chi connectivity index (χ4v) is 2.24. The van der Waals surface area contributed by atoms with Crippen molar-refractivity contribution in [3.8, 4) is 0 Å². The van der Waals surface area contributed by atoms with Crippen LogP contribution in [0.4, 0.5) is 61.5 Å². The molecule has 0 bridgehead atoms. The van der Waals surface area contributed by atoms with Crippen molar-refractivity contribution in [3.05, 3.63) is 0 Å². The first-order chi connectivity index (χ1) is 12.7. The Labute approximate surface area is 171 Å². The van der Waals surface area contributed by atoms with E-state index >= 15 is 0 Å². The van der Waals surface area contributed by atoms with Crippen molar-refractivity contribution in [2.75, 3.05) is 0 Å². The quantitative estimate of drug-likeness (QED) is 0.242. The SMILES string of the molecule is O=S(=O)([O-])C(F)C(F)(F)C(F)(F)C(F)C(F)C(F)C(F)C(F)C(F)C(F)C(F)F.[Li+]. The number of hydrogen-bond donors (Lipinski definition) is 0. The first-order valence-electron chi connectivity index (χ1n) is 6.83. The number of alkyl halides is 14. The van der Waals surface area contributed by atoms with Gasteiger partial charge >= 0.3 is 30.7 Å². The van der Waals surface area contributed by atoms with Gasteiger partial charge in [0.15, 0.2) is 37.0 Å². The molecular formula is C11H9F14LiO3S. The number of halogens is 14. The minimum atomic E-state index is -6.91. The van der Waals surface area contributed by atoms with Crippen LogP contribution in [0.5, 0.6) is 0 Å². The molecular weight excluding hydrogens is 485 g/mol. The Morgan fingerprint density at radius 2 is 0.867 bits per heavy atom. The molecule has 0 heterocycles. The summed E-state index contributed by atoms with van der Waals surface area (Å²) in [7, 11) is -6.91. The summed E-state index contributed by atoms with van der Waals surface area (Å²) in [5.74, 6) is -13.7. The van der Waals surface area contributed by atoms with E-state index < -0.39 is 77.1 Å². The van der Waals surface area contributed by atoms with Gasteiger partial charge in [0.1, 0.15) is 10.1 Å². The summed E-state index contributed by atoms with van der Waals surface area (Å²) in [5.41, 5.74) is -5.39. The van der Waals surface area contributed by atoms with Gasteiger partial charge in [0.25, 0.3) is 11.9 Å². The molecule has 0 aromatic rings. The van der Waals surface area contributed by atoms with Gasteiger partial charge in [-0.2, -0.15) is 17.6 Å². The van der Waals surface area contributed by atoms with Crippen molar-refractivity contribution in [3.63, 3.8) is 0 Å². The summed E-state index contributed by atoms with van der Waals surface area (Å²) < 4.78 is 211. The van der Waals surface area contributed by atoms with E-state index in [1.165, 1.54) is 0 Å². The van der Waals surface area contributed by atoms with E-state index in [9.17, 15) is 74.4 Å². The molecule has 0 amide bonds. The maximum Gasteiger partial charge on any atom is 1.00 e. The van der Waals surface area contributed by atoms with Crippen LogP contribution in [-0.4, -0.2) is 79.9 Å². The predicted molar refractivity (Wildman–Crippen MR) is 64.8 cm³/mol. The van der Waals surface area contributed by atoms with Gasteiger partial charge in [-0.05, 0) is 0 Å². The summed E-state index contributed by atoms with van der Waals surface area (Å²) in [5, 5.41) is 0. The average molecular weight is 494 g/mol. The Kier molecular flexibility index (Phi) is 11.5. The van der Waals surface area contributed by atoms with Crippen molar-refractivity contribution >= 4 is 10.1 Å². The van der Waals surface area contributed by atoms with Crippen LogP contribution in [0.2, 0.25) is 0 Å². The van der Waals surface area contributed by atoms with Gasteiger partial charge in [0.05, 0.1) is 0 Å². The second kappa shape index (κ2) is 10.9. The zero-order valence-corrected chi connectivity index (χ0v) is 14.9. The maximum absolute atomic E-state index is 13.3. The minimum Gasteiger partial charge on any atom is -0.746 e. The van der Waals surface area contributed by atoms with Crippen LogP contribution in [0, 0.1) is 0 Å². The fraction of sp³-hybridized carbons (Fsp3) is 1.00. The molecule has 0 radical (unpaired) electrons. The molecule has 176 valence electrons. The third kappa shape index (κ3) is 6.52. The monoisotopic (exact) mass is 494 g/mol. The van der Waals surface area contributed by atoms with Crippen molar-refractivity contribution in [1.82, 2.24) is 0 Å². The third-order valence-electron chi connectivity index (χ3n) is 3.37. The van der Waals surface area contributed by atoms with E-state index in [4.69, 9.17) is 0 Å². The van der Waals surface area contributed by atoms with Crippen LogP contribution in [0.15, 0.2) is 0 Å². The number of hydrogen-bond acceptors (Lipinski definition) is 3. The van der Waals surface area contributed by atoms with Gasteiger partial charge in [0.2, 0.25) is 6.17 Å². The first kappa shape index (κ1) is 31.7. The van der Waals surface area contributed by atoms with Crippen LogP contribution in [0.3, 0.4) is 0 Å². The second-order valence-electron chi connectivity index (χ2n) is 5.46. The molecule has 0 aromatic carbocycles. The van der Waals surface area contributed by atoms with E-state index in [2.05, 4.69) is 0 Å². The molecule has 0 aliphatic carbocycles. The molecule has 0 aliphatic rings. The maximum atomic E-state index is 13.3. The summed E-state index contributed by atoms with van der Waals surface area (Å²) in [6, 6.07) is 0. The summed E-state index contributed by atoms with van der Waals surface area (Å²) >= 11 is 0. The standard InChI is InChI=1S/C11H10F14O3S.Li/c12-1(2(13)4(15)6(17)8(19)20)3(14)5(16)7(18)10(22,23)11(24,25)9(21)29(26,27)28;/h1-9H,(H,26,27,28);/q;+1/p-1. The minimum absolute atomic E-state index is 0. The summed E-state index contributed by atoms with van der Waals surface area (Å²) in [4.78, 5) is 0. The molecule has 0 spiro atoms. The van der Waals surface area contributed by atoms with Crippen molar-refractivity contribution < 1.29 is 93.3 Å².